The fraction of sp³-hybridized carbons (Fsp3) is 0.833. The lowest BCUT2D eigenvalue weighted by molar-refractivity contribution is -0.486. The van der Waals surface area contributed by atoms with Crippen LogP contribution in [0.3, 0.4) is 0 Å². The Morgan fingerprint density at radius 1 is 1.57 bits per heavy atom. The van der Waals surface area contributed by atoms with Gasteiger partial charge in [-0.05, 0) is 20.3 Å². The molecule has 0 spiro atoms. The van der Waals surface area contributed by atoms with Gasteiger partial charge in [0.2, 0.25) is 0 Å². The summed E-state index contributed by atoms with van der Waals surface area (Å²) in [5, 5.41) is 13.3. The Morgan fingerprint density at radius 3 is 2.90 bits per heavy atom. The first kappa shape index (κ1) is 15.5. The molecule has 1 unspecified atom stereocenters. The minimum Gasteiger partial charge on any atom is -0.446 e. The first-order valence-electron chi connectivity index (χ1n) is 7.01. The number of ether oxygens (including phenoxy) is 2. The number of nitrogens with zero attached hydrogens (tertiary/aromatic N) is 4. The molecule has 0 N–H and O–H groups in total. The Labute approximate surface area is 122 Å². The molecule has 0 saturated carbocycles. The molecule has 2 heterocycles. The molecule has 2 saturated heterocycles. The molecule has 2 rings (SSSR count). The lowest BCUT2D eigenvalue weighted by Crippen LogP contribution is -2.41. The number of carbonyl (C=O) groups is 1. The van der Waals surface area contributed by atoms with Crippen molar-refractivity contribution in [2.75, 3.05) is 32.8 Å². The highest BCUT2D eigenvalue weighted by Gasteiger charge is 2.37. The van der Waals surface area contributed by atoms with Gasteiger partial charge in [-0.2, -0.15) is 0 Å². The molecule has 0 aromatic rings. The largest absolute Gasteiger partial charge is 0.446 e. The number of carbonyl (C=O) groups excluding carboxylic acids is 1. The number of hydrogen-bond acceptors (Lipinski definition) is 5. The zero-order valence-electron chi connectivity index (χ0n) is 12.2. The first-order chi connectivity index (χ1) is 9.97. The SMILES string of the molecule is CC(C)OC(=O)N1CCN(CC2CCOC2)C1=N[N+](=O)[O-]. The van der Waals surface area contributed by atoms with Crippen molar-refractivity contribution in [2.45, 2.75) is 26.4 Å². The molecule has 118 valence electrons. The fourth-order valence-electron chi connectivity index (χ4n) is 2.43. The molecule has 0 aromatic carbocycles. The minimum atomic E-state index is -0.783. The number of rotatable bonds is 4. The average molecular weight is 300 g/mol. The van der Waals surface area contributed by atoms with E-state index in [9.17, 15) is 14.9 Å². The average Bonchev–Trinajstić information content (AvgIpc) is 2.99. The van der Waals surface area contributed by atoms with Crippen LogP contribution < -0.4 is 0 Å². The van der Waals surface area contributed by atoms with Crippen molar-refractivity contribution >= 4 is 12.1 Å². The van der Waals surface area contributed by atoms with Crippen LogP contribution in [0, 0.1) is 16.0 Å². The van der Waals surface area contributed by atoms with Gasteiger partial charge in [0.15, 0.2) is 5.03 Å². The summed E-state index contributed by atoms with van der Waals surface area (Å²) in [5.74, 6) is 0.362. The Kier molecular flexibility index (Phi) is 4.94. The zero-order valence-corrected chi connectivity index (χ0v) is 12.2. The van der Waals surface area contributed by atoms with E-state index in [2.05, 4.69) is 5.10 Å². The third-order valence-corrected chi connectivity index (χ3v) is 3.35. The van der Waals surface area contributed by atoms with Crippen LogP contribution in [0.4, 0.5) is 4.79 Å². The van der Waals surface area contributed by atoms with Gasteiger partial charge in [0, 0.05) is 25.6 Å². The number of guanidine groups is 1. The fourth-order valence-corrected chi connectivity index (χ4v) is 2.43. The monoisotopic (exact) mass is 300 g/mol. The van der Waals surface area contributed by atoms with Crippen molar-refractivity contribution < 1.29 is 19.3 Å². The van der Waals surface area contributed by atoms with Gasteiger partial charge in [-0.3, -0.25) is 0 Å². The Hall–Kier alpha value is -1.90. The number of hydrogen-bond donors (Lipinski definition) is 0. The van der Waals surface area contributed by atoms with E-state index in [0.29, 0.717) is 38.8 Å². The van der Waals surface area contributed by atoms with Crippen molar-refractivity contribution in [1.29, 1.82) is 0 Å². The highest BCUT2D eigenvalue weighted by molar-refractivity contribution is 5.95. The minimum absolute atomic E-state index is 0.0533. The van der Waals surface area contributed by atoms with E-state index < -0.39 is 11.1 Å². The summed E-state index contributed by atoms with van der Waals surface area (Å²) in [5.41, 5.74) is 0. The summed E-state index contributed by atoms with van der Waals surface area (Å²) in [4.78, 5) is 25.7. The van der Waals surface area contributed by atoms with Crippen LogP contribution in [0.25, 0.3) is 0 Å². The van der Waals surface area contributed by atoms with Crippen LogP contribution >= 0.6 is 0 Å². The van der Waals surface area contributed by atoms with E-state index in [0.717, 1.165) is 6.42 Å². The summed E-state index contributed by atoms with van der Waals surface area (Å²) < 4.78 is 10.4. The maximum absolute atomic E-state index is 12.0. The van der Waals surface area contributed by atoms with E-state index in [-0.39, 0.29) is 12.1 Å². The summed E-state index contributed by atoms with van der Waals surface area (Å²) in [6.07, 6.45) is 0.0287. The molecule has 21 heavy (non-hydrogen) atoms. The number of amides is 1. The van der Waals surface area contributed by atoms with Crippen LogP contribution in [-0.2, 0) is 9.47 Å². The molecule has 0 bridgehead atoms. The van der Waals surface area contributed by atoms with Gasteiger partial charge < -0.3 is 14.4 Å². The molecule has 2 aliphatic heterocycles. The van der Waals surface area contributed by atoms with Crippen LogP contribution in [-0.4, -0.2) is 65.8 Å². The van der Waals surface area contributed by atoms with Gasteiger partial charge in [0.1, 0.15) is 5.10 Å². The molecule has 1 amide bonds. The zero-order chi connectivity index (χ0) is 15.4. The predicted octanol–water partition coefficient (Wildman–Crippen LogP) is 0.733. The molecule has 9 nitrogen and oxygen atoms in total. The van der Waals surface area contributed by atoms with Crippen LogP contribution in [0.2, 0.25) is 0 Å². The lowest BCUT2D eigenvalue weighted by atomic mass is 10.1. The molecule has 2 fully saturated rings. The van der Waals surface area contributed by atoms with Gasteiger partial charge >= 0.3 is 6.09 Å². The van der Waals surface area contributed by atoms with Gasteiger partial charge in [-0.15, -0.1) is 0 Å². The maximum Gasteiger partial charge on any atom is 0.417 e. The third-order valence-electron chi connectivity index (χ3n) is 3.35. The van der Waals surface area contributed by atoms with Gasteiger partial charge in [-0.1, -0.05) is 0 Å². The van der Waals surface area contributed by atoms with Gasteiger partial charge in [0.25, 0.3) is 5.96 Å². The Bertz CT molecular complexity index is 433. The summed E-state index contributed by atoms with van der Waals surface area (Å²) in [6, 6.07) is 0. The highest BCUT2D eigenvalue weighted by atomic mass is 16.7. The summed E-state index contributed by atoms with van der Waals surface area (Å²) in [6.45, 7) is 6.25. The van der Waals surface area contributed by atoms with E-state index in [1.54, 1.807) is 18.7 Å². The first-order valence-corrected chi connectivity index (χ1v) is 7.01. The van der Waals surface area contributed by atoms with Crippen LogP contribution in [0.5, 0.6) is 0 Å². The van der Waals surface area contributed by atoms with E-state index >= 15 is 0 Å². The second kappa shape index (κ2) is 6.70. The predicted molar refractivity (Wildman–Crippen MR) is 73.3 cm³/mol. The van der Waals surface area contributed by atoms with E-state index in [4.69, 9.17) is 9.47 Å². The molecular weight excluding hydrogens is 280 g/mol. The quantitative estimate of drug-likeness (QED) is 0.561. The van der Waals surface area contributed by atoms with Crippen molar-refractivity contribution in [1.82, 2.24) is 9.80 Å². The Morgan fingerprint density at radius 2 is 2.33 bits per heavy atom. The molecule has 0 radical (unpaired) electrons. The van der Waals surface area contributed by atoms with Crippen LogP contribution in [0.15, 0.2) is 5.10 Å². The van der Waals surface area contributed by atoms with Crippen molar-refractivity contribution in [3.8, 4) is 0 Å². The van der Waals surface area contributed by atoms with Crippen LogP contribution in [0.1, 0.15) is 20.3 Å². The van der Waals surface area contributed by atoms with Crippen molar-refractivity contribution in [2.24, 2.45) is 11.0 Å². The molecule has 2 aliphatic rings. The van der Waals surface area contributed by atoms with Gasteiger partial charge in [0.05, 0.1) is 19.3 Å². The third kappa shape index (κ3) is 4.03. The molecule has 0 aromatic heterocycles. The summed E-state index contributed by atoms with van der Waals surface area (Å²) >= 11 is 0. The standard InChI is InChI=1S/C12H20N4O5/c1-9(2)21-12(17)15-5-4-14(11(15)13-16(18)19)7-10-3-6-20-8-10/h9-10H,3-8H2,1-2H3. The van der Waals surface area contributed by atoms with E-state index in [1.807, 2.05) is 0 Å². The summed E-state index contributed by atoms with van der Waals surface area (Å²) in [7, 11) is 0. The lowest BCUT2D eigenvalue weighted by Gasteiger charge is -2.22. The smallest absolute Gasteiger partial charge is 0.417 e. The molecule has 1 atom stereocenters. The topological polar surface area (TPSA) is 97.5 Å². The molecular formula is C12H20N4O5. The number of hydrazone groups is 1. The van der Waals surface area contributed by atoms with E-state index in [1.165, 1.54) is 4.90 Å². The Balaban J connectivity index is 2.08. The molecule has 0 aliphatic carbocycles. The second-order valence-electron chi connectivity index (χ2n) is 5.40. The highest BCUT2D eigenvalue weighted by Crippen LogP contribution is 2.18. The number of nitro groups is 1. The van der Waals surface area contributed by atoms with Crippen molar-refractivity contribution in [3.05, 3.63) is 10.1 Å². The van der Waals surface area contributed by atoms with Crippen molar-refractivity contribution in [3.63, 3.8) is 0 Å². The molecule has 9 heteroatoms. The maximum atomic E-state index is 12.0. The van der Waals surface area contributed by atoms with Gasteiger partial charge in [-0.25, -0.2) is 19.8 Å². The second-order valence-corrected chi connectivity index (χ2v) is 5.40. The normalized spacial score (nSPS) is 24.1.